The van der Waals surface area contributed by atoms with Crippen LogP contribution in [0.1, 0.15) is 12.8 Å². The molecule has 0 aromatic heterocycles. The van der Waals surface area contributed by atoms with Crippen LogP contribution < -0.4 is 0 Å². The second-order valence-electron chi connectivity index (χ2n) is 1.40. The predicted molar refractivity (Wildman–Crippen MR) is 27.4 cm³/mol. The first-order valence-electron chi connectivity index (χ1n) is 2.06. The number of nitrogens with zero attached hydrogens (tertiary/aromatic N) is 1. The van der Waals surface area contributed by atoms with Gasteiger partial charge in [-0.25, -0.2) is 0 Å². The van der Waals surface area contributed by atoms with Gasteiger partial charge in [-0.15, -0.1) is 0 Å². The summed E-state index contributed by atoms with van der Waals surface area (Å²) in [7, 11) is 0. The predicted octanol–water partition coefficient (Wildman–Crippen LogP) is -0.126. The second kappa shape index (κ2) is 1.76. The number of amides is 1. The molecule has 0 spiro atoms. The zero-order chi connectivity index (χ0) is 5.28. The Labute approximate surface area is 49.8 Å². The molecule has 1 radical (unpaired) electrons. The Morgan fingerprint density at radius 2 is 2.29 bits per heavy atom. The Balaban J connectivity index is 2.67. The van der Waals surface area contributed by atoms with E-state index in [1.807, 2.05) is 0 Å². The number of hydrogen-bond donors (Lipinski definition) is 0. The summed E-state index contributed by atoms with van der Waals surface area (Å²) < 4.78 is 0.852. The van der Waals surface area contributed by atoms with Crippen LogP contribution in [-0.4, -0.2) is 26.5 Å². The monoisotopic (exact) mass is 162 g/mol. The molecule has 0 bridgehead atoms. The van der Waals surface area contributed by atoms with Gasteiger partial charge < -0.3 is 0 Å². The van der Waals surface area contributed by atoms with Crippen LogP contribution in [0.3, 0.4) is 0 Å². The average Bonchev–Trinajstić information content (AvgIpc) is 1.87. The van der Waals surface area contributed by atoms with Gasteiger partial charge in [0.2, 0.25) is 0 Å². The van der Waals surface area contributed by atoms with E-state index in [2.05, 4.69) is 21.0 Å². The second-order valence-corrected chi connectivity index (χ2v) is 2.39. The van der Waals surface area contributed by atoms with Crippen molar-refractivity contribution >= 4 is 26.5 Å². The van der Waals surface area contributed by atoms with Crippen LogP contribution in [0.5, 0.6) is 0 Å². The summed E-state index contributed by atoms with van der Waals surface area (Å²) in [5.74, 6) is 0.00810. The van der Waals surface area contributed by atoms with Crippen molar-refractivity contribution < 1.29 is 4.79 Å². The Bertz CT molecular complexity index is 130. The van der Waals surface area contributed by atoms with Gasteiger partial charge in [0.05, 0.1) is 0 Å². The molecule has 1 heterocycles. The zero-order valence-electron chi connectivity index (χ0n) is 3.68. The van der Waals surface area contributed by atoms with Gasteiger partial charge in [-0.1, -0.05) is 0 Å². The SMILES string of the molecule is O=C1CCC([Se])=N1. The first-order chi connectivity index (χ1) is 3.29. The number of hydrogen-bond acceptors (Lipinski definition) is 1. The molecule has 1 rings (SSSR count). The molecule has 7 heavy (non-hydrogen) atoms. The fraction of sp³-hybridized carbons (Fsp3) is 0.500. The molecule has 0 aromatic rings. The first-order valence-corrected chi connectivity index (χ1v) is 2.92. The van der Waals surface area contributed by atoms with E-state index in [0.717, 1.165) is 11.0 Å². The van der Waals surface area contributed by atoms with Crippen molar-refractivity contribution in [2.24, 2.45) is 4.99 Å². The molecule has 3 heteroatoms. The number of carbonyl (C=O) groups excluding carboxylic acids is 1. The van der Waals surface area contributed by atoms with Crippen LogP contribution in [0, 0.1) is 0 Å². The van der Waals surface area contributed by atoms with E-state index in [-0.39, 0.29) is 5.91 Å². The van der Waals surface area contributed by atoms with Crippen LogP contribution in [0.15, 0.2) is 4.99 Å². The number of carbonyl (C=O) groups is 1. The van der Waals surface area contributed by atoms with Crippen molar-refractivity contribution in [1.29, 1.82) is 0 Å². The standard InChI is InChI=1S/C4H4NOSe/c6-3-1-2-4(7)5-3/h1-2H2. The summed E-state index contributed by atoms with van der Waals surface area (Å²) >= 11 is 2.70. The van der Waals surface area contributed by atoms with Gasteiger partial charge in [0.15, 0.2) is 0 Å². The van der Waals surface area contributed by atoms with Crippen LogP contribution in [0.25, 0.3) is 0 Å². The third-order valence-corrected chi connectivity index (χ3v) is 1.42. The maximum absolute atomic E-state index is 10.2. The van der Waals surface area contributed by atoms with Crippen LogP contribution in [-0.2, 0) is 4.79 Å². The van der Waals surface area contributed by atoms with E-state index < -0.39 is 0 Å². The molecule has 0 saturated heterocycles. The summed E-state index contributed by atoms with van der Waals surface area (Å²) in [6.07, 6.45) is 1.42. The Kier molecular flexibility index (Phi) is 1.26. The van der Waals surface area contributed by atoms with Gasteiger partial charge in [0, 0.05) is 0 Å². The van der Waals surface area contributed by atoms with Crippen molar-refractivity contribution in [3.05, 3.63) is 0 Å². The molecule has 1 aliphatic rings. The molecular formula is C4H4NOSe. The van der Waals surface area contributed by atoms with Gasteiger partial charge in [-0.2, -0.15) is 0 Å². The van der Waals surface area contributed by atoms with Crippen molar-refractivity contribution in [1.82, 2.24) is 0 Å². The summed E-state index contributed by atoms with van der Waals surface area (Å²) in [5.41, 5.74) is 0. The summed E-state index contributed by atoms with van der Waals surface area (Å²) in [5, 5.41) is 0. The normalized spacial score (nSPS) is 20.0. The van der Waals surface area contributed by atoms with Crippen molar-refractivity contribution in [3.8, 4) is 0 Å². The van der Waals surface area contributed by atoms with Gasteiger partial charge in [-0.3, -0.25) is 0 Å². The zero-order valence-corrected chi connectivity index (χ0v) is 5.39. The molecule has 0 atom stereocenters. The van der Waals surface area contributed by atoms with Crippen LogP contribution >= 0.6 is 0 Å². The van der Waals surface area contributed by atoms with E-state index in [0.29, 0.717) is 6.42 Å². The third-order valence-electron chi connectivity index (χ3n) is 0.802. The Morgan fingerprint density at radius 3 is 2.43 bits per heavy atom. The third kappa shape index (κ3) is 1.11. The van der Waals surface area contributed by atoms with Gasteiger partial charge >= 0.3 is 49.2 Å². The molecule has 0 unspecified atom stereocenters. The van der Waals surface area contributed by atoms with Gasteiger partial charge in [-0.05, 0) is 0 Å². The van der Waals surface area contributed by atoms with E-state index in [4.69, 9.17) is 0 Å². The van der Waals surface area contributed by atoms with Crippen molar-refractivity contribution in [3.63, 3.8) is 0 Å². The number of aliphatic imine (C=N–C) groups is 1. The molecule has 1 amide bonds. The minimum absolute atomic E-state index is 0.00810. The van der Waals surface area contributed by atoms with Crippen LogP contribution in [0.2, 0.25) is 0 Å². The molecule has 0 aromatic carbocycles. The first kappa shape index (κ1) is 5.01. The topological polar surface area (TPSA) is 29.4 Å². The van der Waals surface area contributed by atoms with E-state index in [9.17, 15) is 4.79 Å². The van der Waals surface area contributed by atoms with E-state index >= 15 is 0 Å². The molecular weight excluding hydrogens is 157 g/mol. The Morgan fingerprint density at radius 1 is 1.57 bits per heavy atom. The van der Waals surface area contributed by atoms with Gasteiger partial charge in [0.1, 0.15) is 0 Å². The van der Waals surface area contributed by atoms with Crippen molar-refractivity contribution in [2.45, 2.75) is 12.8 Å². The molecule has 1 aliphatic heterocycles. The molecule has 0 saturated carbocycles. The van der Waals surface area contributed by atoms with Crippen molar-refractivity contribution in [2.75, 3.05) is 0 Å². The summed E-state index contributed by atoms with van der Waals surface area (Å²) in [6.45, 7) is 0. The van der Waals surface area contributed by atoms with Gasteiger partial charge in [0.25, 0.3) is 0 Å². The maximum atomic E-state index is 10.2. The average molecular weight is 161 g/mol. The fourth-order valence-electron chi connectivity index (χ4n) is 0.465. The molecule has 37 valence electrons. The molecule has 0 fully saturated rings. The fourth-order valence-corrected chi connectivity index (χ4v) is 0.893. The van der Waals surface area contributed by atoms with E-state index in [1.54, 1.807) is 0 Å². The van der Waals surface area contributed by atoms with E-state index in [1.165, 1.54) is 0 Å². The van der Waals surface area contributed by atoms with Crippen LogP contribution in [0.4, 0.5) is 0 Å². The minimum atomic E-state index is 0.00810. The summed E-state index contributed by atoms with van der Waals surface area (Å²) in [6, 6.07) is 0. The Hall–Kier alpha value is -0.141. The summed E-state index contributed by atoms with van der Waals surface area (Å²) in [4.78, 5) is 13.9. The molecule has 0 aliphatic carbocycles. The quantitative estimate of drug-likeness (QED) is 0.455. The number of rotatable bonds is 0. The molecule has 0 N–H and O–H groups in total. The molecule has 2 nitrogen and oxygen atoms in total.